The molecule has 17 heavy (non-hydrogen) atoms. The van der Waals surface area contributed by atoms with E-state index in [0.29, 0.717) is 29.4 Å². The van der Waals surface area contributed by atoms with Gasteiger partial charge in [-0.15, -0.1) is 11.3 Å². The lowest BCUT2D eigenvalue weighted by atomic mass is 10.3. The SMILES string of the molecule is CCN(CC/C(N)=N/O)C(=O)c1sccc1Cl. The molecule has 3 N–H and O–H groups in total. The quantitative estimate of drug-likeness (QED) is 0.373. The number of thiophene rings is 1. The highest BCUT2D eigenvalue weighted by atomic mass is 35.5. The first-order valence-corrected chi connectivity index (χ1v) is 6.34. The average molecular weight is 276 g/mol. The van der Waals surface area contributed by atoms with Crippen molar-refractivity contribution in [3.8, 4) is 0 Å². The Morgan fingerprint density at radius 3 is 2.88 bits per heavy atom. The molecule has 1 aromatic rings. The summed E-state index contributed by atoms with van der Waals surface area (Å²) in [4.78, 5) is 14.2. The first-order valence-electron chi connectivity index (χ1n) is 5.08. The van der Waals surface area contributed by atoms with Gasteiger partial charge in [0.2, 0.25) is 0 Å². The Hall–Kier alpha value is -1.27. The second-order valence-electron chi connectivity index (χ2n) is 3.32. The molecule has 0 atom stereocenters. The first-order chi connectivity index (χ1) is 8.10. The van der Waals surface area contributed by atoms with Gasteiger partial charge in [0.1, 0.15) is 10.7 Å². The molecule has 0 spiro atoms. The number of hydrogen-bond donors (Lipinski definition) is 2. The number of nitrogens with two attached hydrogens (primary N) is 1. The van der Waals surface area contributed by atoms with Crippen LogP contribution in [0.2, 0.25) is 5.02 Å². The van der Waals surface area contributed by atoms with Crippen LogP contribution in [0.15, 0.2) is 16.6 Å². The number of halogens is 1. The number of nitrogens with zero attached hydrogens (tertiary/aromatic N) is 2. The minimum absolute atomic E-state index is 0.105. The van der Waals surface area contributed by atoms with Crippen molar-refractivity contribution in [3.63, 3.8) is 0 Å². The summed E-state index contributed by atoms with van der Waals surface area (Å²) in [5, 5.41) is 13.5. The number of rotatable bonds is 5. The molecule has 1 rings (SSSR count). The number of oxime groups is 1. The van der Waals surface area contributed by atoms with Gasteiger partial charge >= 0.3 is 0 Å². The fourth-order valence-electron chi connectivity index (χ4n) is 1.29. The lowest BCUT2D eigenvalue weighted by Gasteiger charge is -2.19. The van der Waals surface area contributed by atoms with E-state index in [4.69, 9.17) is 22.5 Å². The second-order valence-corrected chi connectivity index (χ2v) is 4.65. The molecule has 94 valence electrons. The maximum atomic E-state index is 12.1. The topological polar surface area (TPSA) is 78.9 Å². The van der Waals surface area contributed by atoms with E-state index >= 15 is 0 Å². The van der Waals surface area contributed by atoms with Crippen molar-refractivity contribution in [1.29, 1.82) is 0 Å². The largest absolute Gasteiger partial charge is 0.409 e. The lowest BCUT2D eigenvalue weighted by molar-refractivity contribution is 0.0773. The van der Waals surface area contributed by atoms with Crippen LogP contribution in [0.5, 0.6) is 0 Å². The predicted molar refractivity (Wildman–Crippen MR) is 68.9 cm³/mol. The van der Waals surface area contributed by atoms with E-state index in [9.17, 15) is 4.79 Å². The van der Waals surface area contributed by atoms with E-state index in [1.54, 1.807) is 16.3 Å². The number of amides is 1. The van der Waals surface area contributed by atoms with Crippen LogP contribution >= 0.6 is 22.9 Å². The molecule has 1 amide bonds. The van der Waals surface area contributed by atoms with Gasteiger partial charge in [0.25, 0.3) is 5.91 Å². The zero-order valence-electron chi connectivity index (χ0n) is 9.39. The van der Waals surface area contributed by atoms with Gasteiger partial charge in [0.15, 0.2) is 0 Å². The molecule has 0 aliphatic rings. The zero-order chi connectivity index (χ0) is 12.8. The van der Waals surface area contributed by atoms with Crippen molar-refractivity contribution in [2.45, 2.75) is 13.3 Å². The van der Waals surface area contributed by atoms with E-state index < -0.39 is 0 Å². The van der Waals surface area contributed by atoms with Crippen molar-refractivity contribution >= 4 is 34.7 Å². The molecule has 7 heteroatoms. The molecule has 0 saturated carbocycles. The number of amidine groups is 1. The molecule has 5 nitrogen and oxygen atoms in total. The molecule has 0 aliphatic heterocycles. The summed E-state index contributed by atoms with van der Waals surface area (Å²) in [6.07, 6.45) is 0.332. The molecule has 1 heterocycles. The van der Waals surface area contributed by atoms with Crippen LogP contribution in [-0.4, -0.2) is 34.9 Å². The van der Waals surface area contributed by atoms with Crippen LogP contribution in [0.25, 0.3) is 0 Å². The summed E-state index contributed by atoms with van der Waals surface area (Å²) in [5.41, 5.74) is 5.36. The molecule has 1 aromatic heterocycles. The van der Waals surface area contributed by atoms with Crippen molar-refractivity contribution < 1.29 is 10.0 Å². The van der Waals surface area contributed by atoms with Gasteiger partial charge in [-0.3, -0.25) is 4.79 Å². The minimum Gasteiger partial charge on any atom is -0.409 e. The van der Waals surface area contributed by atoms with Gasteiger partial charge < -0.3 is 15.8 Å². The zero-order valence-corrected chi connectivity index (χ0v) is 11.0. The molecule has 0 saturated heterocycles. The Kier molecular flexibility index (Phi) is 5.24. The molecule has 0 unspecified atom stereocenters. The van der Waals surface area contributed by atoms with E-state index in [0.717, 1.165) is 0 Å². The van der Waals surface area contributed by atoms with Crippen molar-refractivity contribution in [1.82, 2.24) is 4.90 Å². The summed E-state index contributed by atoms with van der Waals surface area (Å²) < 4.78 is 0. The monoisotopic (exact) mass is 275 g/mol. The second kappa shape index (κ2) is 6.46. The summed E-state index contributed by atoms with van der Waals surface area (Å²) in [6.45, 7) is 2.82. The molecular weight excluding hydrogens is 262 g/mol. The van der Waals surface area contributed by atoms with Crippen LogP contribution in [0, 0.1) is 0 Å². The third-order valence-corrected chi connectivity index (χ3v) is 3.58. The lowest BCUT2D eigenvalue weighted by Crippen LogP contribution is -2.33. The predicted octanol–water partition coefficient (Wildman–Crippen LogP) is 2.00. The van der Waals surface area contributed by atoms with Gasteiger partial charge in [-0.05, 0) is 18.4 Å². The van der Waals surface area contributed by atoms with Gasteiger partial charge in [-0.1, -0.05) is 16.8 Å². The number of carbonyl (C=O) groups is 1. The molecular formula is C10H14ClN3O2S. The Balaban J connectivity index is 2.68. The van der Waals surface area contributed by atoms with Crippen LogP contribution in [0.3, 0.4) is 0 Å². The van der Waals surface area contributed by atoms with Crippen LogP contribution in [0.4, 0.5) is 0 Å². The summed E-state index contributed by atoms with van der Waals surface area (Å²) in [6, 6.07) is 1.69. The molecule has 0 radical (unpaired) electrons. The first kappa shape index (κ1) is 13.8. The fourth-order valence-corrected chi connectivity index (χ4v) is 2.40. The van der Waals surface area contributed by atoms with Crippen molar-refractivity contribution in [2.24, 2.45) is 10.9 Å². The van der Waals surface area contributed by atoms with Gasteiger partial charge in [-0.25, -0.2) is 0 Å². The van der Waals surface area contributed by atoms with Crippen LogP contribution < -0.4 is 5.73 Å². The number of carbonyl (C=O) groups excluding carboxylic acids is 1. The van der Waals surface area contributed by atoms with E-state index in [-0.39, 0.29) is 11.7 Å². The Morgan fingerprint density at radius 1 is 1.71 bits per heavy atom. The van der Waals surface area contributed by atoms with E-state index in [1.165, 1.54) is 11.3 Å². The normalized spacial score (nSPS) is 11.5. The van der Waals surface area contributed by atoms with Gasteiger partial charge in [0.05, 0.1) is 5.02 Å². The Labute approximate surface area is 108 Å². The fraction of sp³-hybridized carbons (Fsp3) is 0.400. The summed E-state index contributed by atoms with van der Waals surface area (Å²) in [5.74, 6) is -0.0215. The van der Waals surface area contributed by atoms with Gasteiger partial charge in [-0.2, -0.15) is 0 Å². The Morgan fingerprint density at radius 2 is 2.41 bits per heavy atom. The van der Waals surface area contributed by atoms with Crippen molar-refractivity contribution in [3.05, 3.63) is 21.3 Å². The van der Waals surface area contributed by atoms with Crippen LogP contribution in [0.1, 0.15) is 23.0 Å². The van der Waals surface area contributed by atoms with E-state index in [1.807, 2.05) is 6.92 Å². The molecule has 0 bridgehead atoms. The third kappa shape index (κ3) is 3.61. The number of hydrogen-bond acceptors (Lipinski definition) is 4. The highest BCUT2D eigenvalue weighted by Gasteiger charge is 2.18. The average Bonchev–Trinajstić information content (AvgIpc) is 2.75. The molecule has 0 aliphatic carbocycles. The Bertz CT molecular complexity index is 419. The maximum absolute atomic E-state index is 12.1. The minimum atomic E-state index is -0.127. The summed E-state index contributed by atoms with van der Waals surface area (Å²) in [7, 11) is 0. The van der Waals surface area contributed by atoms with E-state index in [2.05, 4.69) is 5.16 Å². The maximum Gasteiger partial charge on any atom is 0.265 e. The highest BCUT2D eigenvalue weighted by molar-refractivity contribution is 7.12. The van der Waals surface area contributed by atoms with Gasteiger partial charge in [0, 0.05) is 19.5 Å². The highest BCUT2D eigenvalue weighted by Crippen LogP contribution is 2.23. The molecule has 0 fully saturated rings. The standard InChI is InChI=1S/C10H14ClN3O2S/c1-2-14(5-3-8(12)13-16)10(15)9-7(11)4-6-17-9/h4,6,16H,2-3,5H2,1H3,(H2,12,13). The van der Waals surface area contributed by atoms with Crippen molar-refractivity contribution in [2.75, 3.05) is 13.1 Å². The van der Waals surface area contributed by atoms with Crippen LogP contribution in [-0.2, 0) is 0 Å². The smallest absolute Gasteiger partial charge is 0.265 e. The third-order valence-electron chi connectivity index (χ3n) is 2.25. The summed E-state index contributed by atoms with van der Waals surface area (Å²) >= 11 is 7.21. The molecule has 0 aromatic carbocycles.